The number of piperidine rings is 1. The number of carboxylic acid groups (broad SMARTS) is 1. The van der Waals surface area contributed by atoms with E-state index in [4.69, 9.17) is 5.73 Å². The van der Waals surface area contributed by atoms with Crippen molar-refractivity contribution in [2.75, 3.05) is 13.1 Å². The number of nitrogens with zero attached hydrogens (tertiary/aromatic N) is 1. The molecule has 2 aromatic rings. The highest BCUT2D eigenvalue weighted by Crippen LogP contribution is 2.53. The molecule has 2 aromatic carbocycles. The molecule has 0 bridgehead atoms. The first-order chi connectivity index (χ1) is 18.1. The van der Waals surface area contributed by atoms with Crippen molar-refractivity contribution in [1.82, 2.24) is 10.2 Å². The lowest BCUT2D eigenvalue weighted by atomic mass is 9.73. The molecule has 2 amide bonds. The quantitative estimate of drug-likeness (QED) is 0.437. The minimum absolute atomic E-state index is 0.0259. The van der Waals surface area contributed by atoms with Crippen molar-refractivity contribution in [2.24, 2.45) is 5.73 Å². The van der Waals surface area contributed by atoms with Gasteiger partial charge in [0.05, 0.1) is 5.54 Å². The lowest BCUT2D eigenvalue weighted by molar-refractivity contribution is -0.139. The Morgan fingerprint density at radius 2 is 1.74 bits per heavy atom. The van der Waals surface area contributed by atoms with E-state index in [1.165, 1.54) is 16.7 Å². The zero-order valence-corrected chi connectivity index (χ0v) is 22.6. The van der Waals surface area contributed by atoms with E-state index >= 15 is 0 Å². The van der Waals surface area contributed by atoms with Crippen molar-refractivity contribution < 1.29 is 19.5 Å². The smallest absolute Gasteiger partial charge is 0.303 e. The molecule has 0 aromatic heterocycles. The summed E-state index contributed by atoms with van der Waals surface area (Å²) in [4.78, 5) is 39.6. The Labute approximate surface area is 225 Å². The van der Waals surface area contributed by atoms with Gasteiger partial charge < -0.3 is 21.1 Å². The van der Waals surface area contributed by atoms with Gasteiger partial charge in [-0.05, 0) is 86.8 Å². The number of benzene rings is 2. The molecule has 1 aliphatic heterocycles. The standard InChI is InChI=1S/C31H41N3O4/c1-30(2,32)29(38)33-26(14-8-11-22-9-4-3-5-10-22)28(37)34-19-17-31(18-20-34)21-23(15-16-27(35)36)24-12-6-7-13-25(24)31/h3-7,9-10,12-13,23,26H,8,11,14-21,32H2,1-2H3,(H,33,38)(H,35,36)/t23-,26?/m1/s1. The molecule has 1 heterocycles. The van der Waals surface area contributed by atoms with Gasteiger partial charge in [-0.2, -0.15) is 0 Å². The van der Waals surface area contributed by atoms with Crippen LogP contribution in [0.5, 0.6) is 0 Å². The number of rotatable bonds is 10. The number of carbonyl (C=O) groups excluding carboxylic acids is 2. The number of nitrogens with two attached hydrogens (primary N) is 1. The van der Waals surface area contributed by atoms with E-state index in [2.05, 4.69) is 35.6 Å². The van der Waals surface area contributed by atoms with Crippen molar-refractivity contribution in [3.05, 3.63) is 71.3 Å². The molecular weight excluding hydrogens is 478 g/mol. The second-order valence-corrected chi connectivity index (χ2v) is 11.7. The van der Waals surface area contributed by atoms with E-state index in [9.17, 15) is 19.5 Å². The van der Waals surface area contributed by atoms with Crippen LogP contribution in [0.2, 0.25) is 0 Å². The van der Waals surface area contributed by atoms with Gasteiger partial charge in [-0.3, -0.25) is 14.4 Å². The summed E-state index contributed by atoms with van der Waals surface area (Å²) < 4.78 is 0. The van der Waals surface area contributed by atoms with E-state index in [0.717, 1.165) is 32.1 Å². The van der Waals surface area contributed by atoms with E-state index < -0.39 is 17.6 Å². The lowest BCUT2D eigenvalue weighted by Crippen LogP contribution is -2.57. The summed E-state index contributed by atoms with van der Waals surface area (Å²) in [5.74, 6) is -0.888. The lowest BCUT2D eigenvalue weighted by Gasteiger charge is -2.41. The van der Waals surface area contributed by atoms with Gasteiger partial charge in [0, 0.05) is 19.5 Å². The van der Waals surface area contributed by atoms with Crippen LogP contribution < -0.4 is 11.1 Å². The topological polar surface area (TPSA) is 113 Å². The predicted molar refractivity (Wildman–Crippen MR) is 148 cm³/mol. The fourth-order valence-corrected chi connectivity index (χ4v) is 6.19. The molecule has 1 fully saturated rings. The van der Waals surface area contributed by atoms with Crippen molar-refractivity contribution in [3.8, 4) is 0 Å². The average molecular weight is 520 g/mol. The normalized spacial score (nSPS) is 19.1. The van der Waals surface area contributed by atoms with Crippen LogP contribution >= 0.6 is 0 Å². The first-order valence-corrected chi connectivity index (χ1v) is 13.8. The number of carbonyl (C=O) groups is 3. The summed E-state index contributed by atoms with van der Waals surface area (Å²) >= 11 is 0. The monoisotopic (exact) mass is 519 g/mol. The number of aliphatic carboxylic acids is 1. The van der Waals surface area contributed by atoms with Gasteiger partial charge in [0.1, 0.15) is 6.04 Å². The molecule has 1 spiro atoms. The highest BCUT2D eigenvalue weighted by Gasteiger charge is 2.46. The molecule has 4 N–H and O–H groups in total. The second kappa shape index (κ2) is 11.7. The Morgan fingerprint density at radius 1 is 1.08 bits per heavy atom. The van der Waals surface area contributed by atoms with Crippen molar-refractivity contribution in [3.63, 3.8) is 0 Å². The summed E-state index contributed by atoms with van der Waals surface area (Å²) in [6, 6.07) is 18.0. The van der Waals surface area contributed by atoms with Crippen LogP contribution in [0.15, 0.2) is 54.6 Å². The Kier molecular flexibility index (Phi) is 8.56. The minimum Gasteiger partial charge on any atom is -0.481 e. The Morgan fingerprint density at radius 3 is 2.39 bits per heavy atom. The largest absolute Gasteiger partial charge is 0.481 e. The molecule has 1 saturated heterocycles. The Bertz CT molecular complexity index is 1130. The number of likely N-dealkylation sites (tertiary alicyclic amines) is 1. The first-order valence-electron chi connectivity index (χ1n) is 13.8. The maximum absolute atomic E-state index is 13.7. The highest BCUT2D eigenvalue weighted by molar-refractivity contribution is 5.91. The number of aryl methyl sites for hydroxylation is 1. The fraction of sp³-hybridized carbons (Fsp3) is 0.516. The number of amides is 2. The SMILES string of the molecule is CC(C)(N)C(=O)NC(CCCc1ccccc1)C(=O)N1CCC2(CC1)C[C@@H](CCC(=O)O)c1ccccc12. The Hall–Kier alpha value is -3.19. The van der Waals surface area contributed by atoms with E-state index in [-0.39, 0.29) is 29.6 Å². The van der Waals surface area contributed by atoms with Gasteiger partial charge in [-0.25, -0.2) is 0 Å². The van der Waals surface area contributed by atoms with Crippen LogP contribution in [0.25, 0.3) is 0 Å². The van der Waals surface area contributed by atoms with Gasteiger partial charge >= 0.3 is 5.97 Å². The molecule has 7 heteroatoms. The number of fused-ring (bicyclic) bond motifs is 2. The summed E-state index contributed by atoms with van der Waals surface area (Å²) in [5.41, 5.74) is 8.74. The molecule has 2 atom stereocenters. The molecule has 38 heavy (non-hydrogen) atoms. The summed E-state index contributed by atoms with van der Waals surface area (Å²) in [5, 5.41) is 12.2. The molecule has 2 aliphatic rings. The number of hydrogen-bond acceptors (Lipinski definition) is 4. The zero-order valence-electron chi connectivity index (χ0n) is 22.6. The molecule has 1 aliphatic carbocycles. The number of carboxylic acids is 1. The van der Waals surface area contributed by atoms with Crippen molar-refractivity contribution in [1.29, 1.82) is 0 Å². The van der Waals surface area contributed by atoms with Crippen LogP contribution in [0, 0.1) is 0 Å². The van der Waals surface area contributed by atoms with Crippen molar-refractivity contribution in [2.45, 2.75) is 88.1 Å². The minimum atomic E-state index is -1.07. The average Bonchev–Trinajstić information content (AvgIpc) is 3.20. The number of hydrogen-bond donors (Lipinski definition) is 3. The van der Waals surface area contributed by atoms with Gasteiger partial charge in [0.15, 0.2) is 0 Å². The van der Waals surface area contributed by atoms with Gasteiger partial charge in [-0.15, -0.1) is 0 Å². The van der Waals surface area contributed by atoms with E-state index in [1.807, 2.05) is 29.2 Å². The number of nitrogens with one attached hydrogen (secondary N) is 1. The fourth-order valence-electron chi connectivity index (χ4n) is 6.19. The highest BCUT2D eigenvalue weighted by atomic mass is 16.4. The third-order valence-corrected chi connectivity index (χ3v) is 8.34. The van der Waals surface area contributed by atoms with E-state index in [1.54, 1.807) is 13.8 Å². The predicted octanol–water partition coefficient (Wildman–Crippen LogP) is 4.14. The maximum Gasteiger partial charge on any atom is 0.303 e. The summed E-state index contributed by atoms with van der Waals surface area (Å²) in [7, 11) is 0. The second-order valence-electron chi connectivity index (χ2n) is 11.7. The molecule has 0 saturated carbocycles. The molecule has 204 valence electrons. The first kappa shape index (κ1) is 27.8. The van der Waals surface area contributed by atoms with Gasteiger partial charge in [-0.1, -0.05) is 54.6 Å². The molecule has 4 rings (SSSR count). The van der Waals surface area contributed by atoms with Crippen LogP contribution in [0.1, 0.15) is 81.4 Å². The third kappa shape index (κ3) is 6.44. The molecule has 1 unspecified atom stereocenters. The summed E-state index contributed by atoms with van der Waals surface area (Å²) in [6.45, 7) is 4.54. The maximum atomic E-state index is 13.7. The van der Waals surface area contributed by atoms with Gasteiger partial charge in [0.2, 0.25) is 11.8 Å². The summed E-state index contributed by atoms with van der Waals surface area (Å²) in [6.07, 6.45) is 5.59. The molecule has 0 radical (unpaired) electrons. The molecule has 7 nitrogen and oxygen atoms in total. The van der Waals surface area contributed by atoms with Gasteiger partial charge in [0.25, 0.3) is 0 Å². The molecular formula is C31H41N3O4. The van der Waals surface area contributed by atoms with Crippen LogP contribution in [-0.4, -0.2) is 52.5 Å². The zero-order chi connectivity index (χ0) is 27.3. The Balaban J connectivity index is 1.43. The van der Waals surface area contributed by atoms with Crippen LogP contribution in [0.3, 0.4) is 0 Å². The van der Waals surface area contributed by atoms with Crippen LogP contribution in [-0.2, 0) is 26.2 Å². The van der Waals surface area contributed by atoms with Crippen LogP contribution in [0.4, 0.5) is 0 Å². The van der Waals surface area contributed by atoms with Crippen molar-refractivity contribution >= 4 is 17.8 Å². The third-order valence-electron chi connectivity index (χ3n) is 8.34. The van der Waals surface area contributed by atoms with E-state index in [0.29, 0.717) is 25.9 Å².